The number of nitrogens with zero attached hydrogens (tertiary/aromatic N) is 5. The van der Waals surface area contributed by atoms with Gasteiger partial charge in [-0.1, -0.05) is 11.6 Å². The lowest BCUT2D eigenvalue weighted by Gasteiger charge is -2.19. The van der Waals surface area contributed by atoms with E-state index in [1.807, 2.05) is 26.8 Å². The molecule has 0 aromatic carbocycles. The first-order valence-corrected chi connectivity index (χ1v) is 8.15. The summed E-state index contributed by atoms with van der Waals surface area (Å²) in [4.78, 5) is 20.7. The highest BCUT2D eigenvalue weighted by Crippen LogP contribution is 2.24. The summed E-state index contributed by atoms with van der Waals surface area (Å²) in [5.41, 5.74) is 6.65. The van der Waals surface area contributed by atoms with E-state index in [9.17, 15) is 4.79 Å². The minimum absolute atomic E-state index is 0.0761. The molecule has 2 aromatic rings. The van der Waals surface area contributed by atoms with E-state index in [0.29, 0.717) is 11.7 Å². The first kappa shape index (κ1) is 16.3. The van der Waals surface area contributed by atoms with Gasteiger partial charge in [0.2, 0.25) is 5.82 Å². The molecule has 3 rings (SSSR count). The van der Waals surface area contributed by atoms with Crippen LogP contribution in [0.2, 0.25) is 0 Å². The van der Waals surface area contributed by atoms with E-state index in [-0.39, 0.29) is 5.82 Å². The van der Waals surface area contributed by atoms with Gasteiger partial charge in [-0.2, -0.15) is 10.1 Å². The van der Waals surface area contributed by atoms with E-state index in [1.54, 1.807) is 4.52 Å². The molecule has 0 saturated heterocycles. The second-order valence-corrected chi connectivity index (χ2v) is 6.40. The van der Waals surface area contributed by atoms with Gasteiger partial charge in [-0.15, -0.1) is 5.10 Å². The lowest BCUT2D eigenvalue weighted by molar-refractivity contribution is 0.0944. The zero-order valence-electron chi connectivity index (χ0n) is 14.5. The highest BCUT2D eigenvalue weighted by molar-refractivity contribution is 5.92. The average Bonchev–Trinajstić information content (AvgIpc) is 2.97. The van der Waals surface area contributed by atoms with Gasteiger partial charge in [-0.25, -0.2) is 14.9 Å². The van der Waals surface area contributed by atoms with Crippen molar-refractivity contribution in [3.63, 3.8) is 0 Å². The Bertz CT molecular complexity index is 848. The number of carbonyl (C=O) groups is 1. The van der Waals surface area contributed by atoms with Gasteiger partial charge >= 0.3 is 5.91 Å². The van der Waals surface area contributed by atoms with Crippen LogP contribution in [0.15, 0.2) is 22.8 Å². The summed E-state index contributed by atoms with van der Waals surface area (Å²) in [5.74, 6) is 0.465. The molecule has 2 heterocycles. The van der Waals surface area contributed by atoms with E-state index in [2.05, 4.69) is 38.6 Å². The fourth-order valence-corrected chi connectivity index (χ4v) is 2.89. The van der Waals surface area contributed by atoms with Crippen LogP contribution in [-0.2, 0) is 0 Å². The third-order valence-corrected chi connectivity index (χ3v) is 4.38. The van der Waals surface area contributed by atoms with Crippen molar-refractivity contribution in [2.75, 3.05) is 0 Å². The SMILES string of the molecule is CC1=CCC(C(C)=NNC(=O)c2nc3nc(C)cc(C)n3n2)CC1. The predicted molar refractivity (Wildman–Crippen MR) is 91.9 cm³/mol. The molecule has 0 fully saturated rings. The number of hydrogen-bond donors (Lipinski definition) is 1. The van der Waals surface area contributed by atoms with Crippen molar-refractivity contribution >= 4 is 17.4 Å². The Morgan fingerprint density at radius 1 is 1.33 bits per heavy atom. The number of nitrogens with one attached hydrogen (secondary N) is 1. The van der Waals surface area contributed by atoms with Gasteiger partial charge in [0.25, 0.3) is 5.78 Å². The molecule has 0 saturated carbocycles. The number of rotatable bonds is 3. The van der Waals surface area contributed by atoms with Gasteiger partial charge in [-0.05, 0) is 53.0 Å². The molecule has 1 unspecified atom stereocenters. The lowest BCUT2D eigenvalue weighted by atomic mass is 9.87. The number of hydrazone groups is 1. The number of hydrogen-bond acceptors (Lipinski definition) is 5. The minimum atomic E-state index is -0.417. The lowest BCUT2D eigenvalue weighted by Crippen LogP contribution is -2.23. The summed E-state index contributed by atoms with van der Waals surface area (Å²) in [6.07, 6.45) is 5.38. The van der Waals surface area contributed by atoms with Crippen LogP contribution >= 0.6 is 0 Å². The molecule has 0 bridgehead atoms. The first-order valence-electron chi connectivity index (χ1n) is 8.15. The van der Waals surface area contributed by atoms with Gasteiger partial charge in [0, 0.05) is 23.0 Å². The van der Waals surface area contributed by atoms with Crippen molar-refractivity contribution in [3.05, 3.63) is 34.9 Å². The standard InChI is InChI=1S/C17H22N6O/c1-10-5-7-14(8-6-10)13(4)20-21-16(24)15-19-17-18-11(2)9-12(3)23(17)22-15/h5,9,14H,6-8H2,1-4H3,(H,21,24). The molecule has 24 heavy (non-hydrogen) atoms. The molecule has 7 heteroatoms. The Morgan fingerprint density at radius 2 is 2.12 bits per heavy atom. The Labute approximate surface area is 140 Å². The number of amides is 1. The van der Waals surface area contributed by atoms with Gasteiger partial charge < -0.3 is 0 Å². The summed E-state index contributed by atoms with van der Waals surface area (Å²) in [6.45, 7) is 7.89. The third kappa shape index (κ3) is 3.34. The molecule has 126 valence electrons. The van der Waals surface area contributed by atoms with E-state index >= 15 is 0 Å². The van der Waals surface area contributed by atoms with Crippen molar-refractivity contribution in [1.29, 1.82) is 0 Å². The molecular formula is C17H22N6O. The second-order valence-electron chi connectivity index (χ2n) is 6.40. The van der Waals surface area contributed by atoms with Crippen molar-refractivity contribution in [2.24, 2.45) is 11.0 Å². The van der Waals surface area contributed by atoms with Gasteiger partial charge in [0.05, 0.1) is 0 Å². The maximum Gasteiger partial charge on any atom is 0.311 e. The van der Waals surface area contributed by atoms with Crippen molar-refractivity contribution in [1.82, 2.24) is 25.0 Å². The fourth-order valence-electron chi connectivity index (χ4n) is 2.89. The number of fused-ring (bicyclic) bond motifs is 1. The molecule has 0 radical (unpaired) electrons. The topological polar surface area (TPSA) is 84.5 Å². The van der Waals surface area contributed by atoms with Crippen LogP contribution in [0.4, 0.5) is 0 Å². The molecule has 0 spiro atoms. The first-order chi connectivity index (χ1) is 11.4. The van der Waals surface area contributed by atoms with E-state index < -0.39 is 5.91 Å². The van der Waals surface area contributed by atoms with E-state index in [1.165, 1.54) is 5.57 Å². The fraction of sp³-hybridized carbons (Fsp3) is 0.471. The molecule has 1 aliphatic carbocycles. The van der Waals surface area contributed by atoms with Crippen molar-refractivity contribution < 1.29 is 4.79 Å². The summed E-state index contributed by atoms with van der Waals surface area (Å²) < 4.78 is 1.56. The molecule has 1 atom stereocenters. The van der Waals surface area contributed by atoms with Gasteiger partial charge in [-0.3, -0.25) is 4.79 Å². The molecule has 1 aliphatic rings. The van der Waals surface area contributed by atoms with Crippen LogP contribution in [0, 0.1) is 19.8 Å². The highest BCUT2D eigenvalue weighted by Gasteiger charge is 2.17. The Balaban J connectivity index is 1.73. The number of allylic oxidation sites excluding steroid dienone is 2. The van der Waals surface area contributed by atoms with Gasteiger partial charge in [0.1, 0.15) is 0 Å². The second kappa shape index (κ2) is 6.51. The van der Waals surface area contributed by atoms with Crippen LogP contribution in [0.3, 0.4) is 0 Å². The Morgan fingerprint density at radius 3 is 2.83 bits per heavy atom. The van der Waals surface area contributed by atoms with E-state index in [4.69, 9.17) is 0 Å². The van der Waals surface area contributed by atoms with Crippen molar-refractivity contribution in [3.8, 4) is 0 Å². The Hall–Kier alpha value is -2.57. The largest absolute Gasteiger partial charge is 0.311 e. The molecule has 0 aliphatic heterocycles. The summed E-state index contributed by atoms with van der Waals surface area (Å²) in [7, 11) is 0. The monoisotopic (exact) mass is 326 g/mol. The minimum Gasteiger partial charge on any atom is -0.264 e. The Kier molecular flexibility index (Phi) is 4.42. The molecule has 1 amide bonds. The molecule has 2 aromatic heterocycles. The number of aromatic nitrogens is 4. The zero-order valence-corrected chi connectivity index (χ0v) is 14.5. The zero-order chi connectivity index (χ0) is 17.3. The average molecular weight is 326 g/mol. The molecule has 7 nitrogen and oxygen atoms in total. The highest BCUT2D eigenvalue weighted by atomic mass is 16.2. The molecule has 1 N–H and O–H groups in total. The maximum atomic E-state index is 12.3. The summed E-state index contributed by atoms with van der Waals surface area (Å²) in [6, 6.07) is 1.89. The quantitative estimate of drug-likeness (QED) is 0.534. The van der Waals surface area contributed by atoms with Gasteiger partial charge in [0.15, 0.2) is 0 Å². The normalized spacial score (nSPS) is 18.6. The van der Waals surface area contributed by atoms with Crippen molar-refractivity contribution in [2.45, 2.75) is 47.0 Å². The van der Waals surface area contributed by atoms with Crippen LogP contribution in [-0.4, -0.2) is 31.2 Å². The van der Waals surface area contributed by atoms with Crippen LogP contribution in [0.1, 0.15) is 55.1 Å². The predicted octanol–water partition coefficient (Wildman–Crippen LogP) is 2.59. The van der Waals surface area contributed by atoms with E-state index in [0.717, 1.165) is 36.4 Å². The number of carbonyl (C=O) groups excluding carboxylic acids is 1. The maximum absolute atomic E-state index is 12.3. The summed E-state index contributed by atoms with van der Waals surface area (Å²) in [5, 5.41) is 8.44. The van der Waals surface area contributed by atoms with Crippen LogP contribution in [0.5, 0.6) is 0 Å². The van der Waals surface area contributed by atoms with Crippen LogP contribution < -0.4 is 5.43 Å². The van der Waals surface area contributed by atoms with Crippen LogP contribution in [0.25, 0.3) is 5.78 Å². The third-order valence-electron chi connectivity index (χ3n) is 4.38. The smallest absolute Gasteiger partial charge is 0.264 e. The summed E-state index contributed by atoms with van der Waals surface area (Å²) >= 11 is 0. The number of aryl methyl sites for hydroxylation is 2. The molecular weight excluding hydrogens is 304 g/mol.